The summed E-state index contributed by atoms with van der Waals surface area (Å²) in [4.78, 5) is 12.2. The van der Waals surface area contributed by atoms with Crippen LogP contribution in [0.1, 0.15) is 21.5 Å². The average Bonchev–Trinajstić information content (AvgIpc) is 3.30. The molecule has 1 aromatic heterocycles. The predicted molar refractivity (Wildman–Crippen MR) is 132 cm³/mol. The van der Waals surface area contributed by atoms with Crippen LogP contribution in [0.3, 0.4) is 0 Å². The van der Waals surface area contributed by atoms with Crippen LogP contribution in [0.5, 0.6) is 11.5 Å². The highest BCUT2D eigenvalue weighted by Crippen LogP contribution is 2.34. The van der Waals surface area contributed by atoms with Crippen LogP contribution in [0.25, 0.3) is 17.1 Å². The highest BCUT2D eigenvalue weighted by molar-refractivity contribution is 7.98. The van der Waals surface area contributed by atoms with E-state index in [1.807, 2.05) is 66.1 Å². The van der Waals surface area contributed by atoms with Crippen LogP contribution in [0.15, 0.2) is 71.9 Å². The minimum atomic E-state index is -0.361. The molecule has 0 amide bonds. The van der Waals surface area contributed by atoms with Gasteiger partial charge >= 0.3 is 5.97 Å². The highest BCUT2D eigenvalue weighted by atomic mass is 32.2. The second-order valence-corrected chi connectivity index (χ2v) is 8.46. The van der Waals surface area contributed by atoms with Crippen molar-refractivity contribution in [1.29, 1.82) is 0 Å². The molecule has 0 saturated heterocycles. The van der Waals surface area contributed by atoms with E-state index in [0.29, 0.717) is 33.8 Å². The Hall–Kier alpha value is -3.78. The Morgan fingerprint density at radius 2 is 1.65 bits per heavy atom. The van der Waals surface area contributed by atoms with Gasteiger partial charge in [0.25, 0.3) is 0 Å². The van der Waals surface area contributed by atoms with Crippen molar-refractivity contribution < 1.29 is 19.0 Å². The average molecular weight is 476 g/mol. The van der Waals surface area contributed by atoms with Crippen LogP contribution in [0, 0.1) is 6.92 Å². The fraction of sp³-hybridized carbons (Fsp3) is 0.192. The van der Waals surface area contributed by atoms with Crippen LogP contribution in [0.2, 0.25) is 0 Å². The molecule has 0 atom stereocenters. The van der Waals surface area contributed by atoms with Gasteiger partial charge in [0.15, 0.2) is 11.0 Å². The van der Waals surface area contributed by atoms with E-state index in [1.165, 1.54) is 18.9 Å². The number of rotatable bonds is 8. The van der Waals surface area contributed by atoms with Gasteiger partial charge in [-0.3, -0.25) is 4.57 Å². The summed E-state index contributed by atoms with van der Waals surface area (Å²) in [6.07, 6.45) is 0. The lowest BCUT2D eigenvalue weighted by Crippen LogP contribution is -2.05. The second kappa shape index (κ2) is 10.4. The van der Waals surface area contributed by atoms with E-state index in [1.54, 1.807) is 20.3 Å². The Morgan fingerprint density at radius 3 is 2.32 bits per heavy atom. The lowest BCUT2D eigenvalue weighted by Gasteiger charge is -2.13. The summed E-state index contributed by atoms with van der Waals surface area (Å²) in [6, 6.07) is 21.2. The third kappa shape index (κ3) is 4.92. The molecule has 0 aliphatic carbocycles. The lowest BCUT2D eigenvalue weighted by molar-refractivity contribution is 0.0600. The number of esters is 1. The number of nitrogens with zero attached hydrogens (tertiary/aromatic N) is 3. The summed E-state index contributed by atoms with van der Waals surface area (Å²) in [5.74, 6) is 2.15. The molecule has 0 unspecified atom stereocenters. The van der Waals surface area contributed by atoms with Crippen molar-refractivity contribution >= 4 is 17.7 Å². The quantitative estimate of drug-likeness (QED) is 0.252. The molecule has 0 bridgehead atoms. The SMILES string of the molecule is COC(=O)c1ccccc1CSc1nnc(-c2cc(OC)cc(OC)c2)n1-c1cccc(C)c1. The van der Waals surface area contributed by atoms with E-state index in [2.05, 4.69) is 16.3 Å². The number of hydrogen-bond donors (Lipinski definition) is 0. The fourth-order valence-corrected chi connectivity index (χ4v) is 4.54. The predicted octanol–water partition coefficient (Wildman–Crippen LogP) is 5.34. The molecule has 0 radical (unpaired) electrons. The van der Waals surface area contributed by atoms with Crippen LogP contribution >= 0.6 is 11.8 Å². The van der Waals surface area contributed by atoms with Gasteiger partial charge in [-0.2, -0.15) is 0 Å². The van der Waals surface area contributed by atoms with Gasteiger partial charge < -0.3 is 14.2 Å². The molecule has 3 aromatic carbocycles. The third-order valence-corrected chi connectivity index (χ3v) is 6.26. The summed E-state index contributed by atoms with van der Waals surface area (Å²) >= 11 is 1.50. The first-order chi connectivity index (χ1) is 16.5. The summed E-state index contributed by atoms with van der Waals surface area (Å²) in [5.41, 5.74) is 4.27. The van der Waals surface area contributed by atoms with Gasteiger partial charge in [0.1, 0.15) is 11.5 Å². The Balaban J connectivity index is 1.78. The molecular weight excluding hydrogens is 450 g/mol. The fourth-order valence-electron chi connectivity index (χ4n) is 3.58. The molecule has 7 nitrogen and oxygen atoms in total. The molecular formula is C26H25N3O4S. The maximum absolute atomic E-state index is 12.2. The molecule has 0 N–H and O–H groups in total. The molecule has 0 saturated carbocycles. The zero-order valence-corrected chi connectivity index (χ0v) is 20.3. The third-order valence-electron chi connectivity index (χ3n) is 5.28. The topological polar surface area (TPSA) is 75.5 Å². The van der Waals surface area contributed by atoms with Gasteiger partial charge in [-0.25, -0.2) is 4.79 Å². The normalized spacial score (nSPS) is 10.7. The van der Waals surface area contributed by atoms with Crippen LogP contribution in [-0.4, -0.2) is 42.1 Å². The first kappa shape index (κ1) is 23.4. The molecule has 0 aliphatic heterocycles. The van der Waals surface area contributed by atoms with Crippen molar-refractivity contribution in [2.45, 2.75) is 17.8 Å². The molecule has 174 valence electrons. The maximum atomic E-state index is 12.2. The summed E-state index contributed by atoms with van der Waals surface area (Å²) in [7, 11) is 4.61. The van der Waals surface area contributed by atoms with Gasteiger partial charge in [-0.05, 0) is 48.4 Å². The number of carbonyl (C=O) groups is 1. The Kier molecular flexibility index (Phi) is 7.18. The van der Waals surface area contributed by atoms with Crippen LogP contribution < -0.4 is 9.47 Å². The minimum absolute atomic E-state index is 0.361. The summed E-state index contributed by atoms with van der Waals surface area (Å²) in [5, 5.41) is 9.71. The van der Waals surface area contributed by atoms with Gasteiger partial charge in [0.05, 0.1) is 26.9 Å². The van der Waals surface area contributed by atoms with Gasteiger partial charge in [0, 0.05) is 23.1 Å². The van der Waals surface area contributed by atoms with E-state index in [4.69, 9.17) is 14.2 Å². The summed E-state index contributed by atoms with van der Waals surface area (Å²) < 4.78 is 17.9. The molecule has 4 rings (SSSR count). The summed E-state index contributed by atoms with van der Waals surface area (Å²) in [6.45, 7) is 2.04. The van der Waals surface area contributed by atoms with Crippen molar-refractivity contribution in [2.75, 3.05) is 21.3 Å². The van der Waals surface area contributed by atoms with Gasteiger partial charge in [-0.15, -0.1) is 10.2 Å². The molecule has 0 fully saturated rings. The van der Waals surface area contributed by atoms with Crippen molar-refractivity contribution in [3.63, 3.8) is 0 Å². The van der Waals surface area contributed by atoms with Gasteiger partial charge in [0.2, 0.25) is 0 Å². The first-order valence-corrected chi connectivity index (χ1v) is 11.6. The molecule has 0 spiro atoms. The standard InChI is InChI=1S/C26H25N3O4S/c1-17-8-7-10-20(12-17)29-24(19-13-21(31-2)15-22(14-19)32-3)27-28-26(29)34-16-18-9-5-6-11-23(18)25(30)33-4/h5-15H,16H2,1-4H3. The first-order valence-electron chi connectivity index (χ1n) is 10.6. The smallest absolute Gasteiger partial charge is 0.338 e. The van der Waals surface area contributed by atoms with Crippen molar-refractivity contribution in [3.8, 4) is 28.6 Å². The highest BCUT2D eigenvalue weighted by Gasteiger charge is 2.19. The van der Waals surface area contributed by atoms with E-state index >= 15 is 0 Å². The van der Waals surface area contributed by atoms with E-state index < -0.39 is 0 Å². The Morgan fingerprint density at radius 1 is 0.912 bits per heavy atom. The number of hydrogen-bond acceptors (Lipinski definition) is 7. The molecule has 4 aromatic rings. The number of ether oxygens (including phenoxy) is 3. The Bertz CT molecular complexity index is 1300. The van der Waals surface area contributed by atoms with E-state index in [9.17, 15) is 4.79 Å². The van der Waals surface area contributed by atoms with Crippen molar-refractivity contribution in [1.82, 2.24) is 14.8 Å². The zero-order chi connectivity index (χ0) is 24.1. The number of thioether (sulfide) groups is 1. The lowest BCUT2D eigenvalue weighted by atomic mass is 10.1. The number of benzene rings is 3. The molecule has 34 heavy (non-hydrogen) atoms. The number of methoxy groups -OCH3 is 3. The number of carbonyl (C=O) groups excluding carboxylic acids is 1. The second-order valence-electron chi connectivity index (χ2n) is 7.52. The molecule has 1 heterocycles. The number of aryl methyl sites for hydroxylation is 1. The monoisotopic (exact) mass is 475 g/mol. The zero-order valence-electron chi connectivity index (χ0n) is 19.4. The minimum Gasteiger partial charge on any atom is -0.497 e. The van der Waals surface area contributed by atoms with Crippen LogP contribution in [-0.2, 0) is 10.5 Å². The van der Waals surface area contributed by atoms with Crippen LogP contribution in [0.4, 0.5) is 0 Å². The number of aromatic nitrogens is 3. The Labute approximate surface area is 202 Å². The van der Waals surface area contributed by atoms with Gasteiger partial charge in [-0.1, -0.05) is 42.1 Å². The van der Waals surface area contributed by atoms with E-state index in [-0.39, 0.29) is 5.97 Å². The van der Waals surface area contributed by atoms with Crippen molar-refractivity contribution in [3.05, 3.63) is 83.4 Å². The molecule has 0 aliphatic rings. The molecule has 8 heteroatoms. The largest absolute Gasteiger partial charge is 0.497 e. The maximum Gasteiger partial charge on any atom is 0.338 e. The van der Waals surface area contributed by atoms with E-state index in [0.717, 1.165) is 22.4 Å². The van der Waals surface area contributed by atoms with Crippen molar-refractivity contribution in [2.24, 2.45) is 0 Å².